The van der Waals surface area contributed by atoms with Crippen molar-refractivity contribution >= 4 is 30.1 Å². The Hall–Kier alpha value is -0.520. The number of aromatic nitrogens is 2. The van der Waals surface area contributed by atoms with Crippen LogP contribution in [0.2, 0.25) is 0 Å². The molecule has 4 nitrogen and oxygen atoms in total. The number of nitrogens with two attached hydrogens (primary N) is 1. The van der Waals surface area contributed by atoms with E-state index >= 15 is 0 Å². The maximum Gasteiger partial charge on any atom is 0.222 e. The third-order valence-electron chi connectivity index (χ3n) is 2.67. The second-order valence-electron chi connectivity index (χ2n) is 3.86. The van der Waals surface area contributed by atoms with Crippen molar-refractivity contribution in [3.63, 3.8) is 0 Å². The van der Waals surface area contributed by atoms with Crippen LogP contribution in [0.3, 0.4) is 0 Å². The van der Waals surface area contributed by atoms with Crippen molar-refractivity contribution in [2.24, 2.45) is 5.73 Å². The van der Waals surface area contributed by atoms with Crippen LogP contribution in [0.25, 0.3) is 0 Å². The first-order chi connectivity index (χ1) is 7.28. The SMILES string of the molecule is CSc1cnc(N[C@H]2CC[C@H](N)C2)nc1.Cl. The molecule has 0 aliphatic heterocycles. The maximum absolute atomic E-state index is 5.84. The van der Waals surface area contributed by atoms with Crippen molar-refractivity contribution in [3.05, 3.63) is 12.4 Å². The van der Waals surface area contributed by atoms with Crippen molar-refractivity contribution in [2.45, 2.75) is 36.2 Å². The van der Waals surface area contributed by atoms with Crippen LogP contribution in [0.15, 0.2) is 17.3 Å². The summed E-state index contributed by atoms with van der Waals surface area (Å²) in [5.74, 6) is 0.715. The van der Waals surface area contributed by atoms with Crippen molar-refractivity contribution < 1.29 is 0 Å². The Labute approximate surface area is 106 Å². The molecule has 0 aromatic carbocycles. The van der Waals surface area contributed by atoms with Crippen LogP contribution in [0.5, 0.6) is 0 Å². The zero-order valence-electron chi connectivity index (χ0n) is 9.22. The molecule has 1 aromatic heterocycles. The van der Waals surface area contributed by atoms with Gasteiger partial charge in [-0.3, -0.25) is 0 Å². The zero-order valence-corrected chi connectivity index (χ0v) is 10.9. The summed E-state index contributed by atoms with van der Waals surface area (Å²) < 4.78 is 0. The number of hydrogen-bond donors (Lipinski definition) is 2. The Morgan fingerprint density at radius 1 is 1.38 bits per heavy atom. The molecule has 0 radical (unpaired) electrons. The molecule has 2 rings (SSSR count). The molecule has 1 aliphatic rings. The number of anilines is 1. The molecule has 1 aliphatic carbocycles. The van der Waals surface area contributed by atoms with Gasteiger partial charge in [-0.1, -0.05) is 0 Å². The lowest BCUT2D eigenvalue weighted by molar-refractivity contribution is 0.684. The summed E-state index contributed by atoms with van der Waals surface area (Å²) in [4.78, 5) is 9.60. The Morgan fingerprint density at radius 3 is 2.56 bits per heavy atom. The summed E-state index contributed by atoms with van der Waals surface area (Å²) in [6.45, 7) is 0. The van der Waals surface area contributed by atoms with E-state index in [-0.39, 0.29) is 12.4 Å². The largest absolute Gasteiger partial charge is 0.351 e. The van der Waals surface area contributed by atoms with Gasteiger partial charge in [0.1, 0.15) is 0 Å². The molecule has 0 spiro atoms. The van der Waals surface area contributed by atoms with Crippen LogP contribution < -0.4 is 11.1 Å². The monoisotopic (exact) mass is 260 g/mol. The minimum atomic E-state index is 0. The molecule has 3 N–H and O–H groups in total. The number of halogens is 1. The Morgan fingerprint density at radius 2 is 2.06 bits per heavy atom. The molecule has 1 saturated carbocycles. The Bertz CT molecular complexity index is 319. The highest BCUT2D eigenvalue weighted by Crippen LogP contribution is 2.20. The van der Waals surface area contributed by atoms with Crippen molar-refractivity contribution in [1.29, 1.82) is 0 Å². The Kier molecular flexibility index (Phi) is 5.31. The number of rotatable bonds is 3. The fourth-order valence-corrected chi connectivity index (χ4v) is 2.14. The van der Waals surface area contributed by atoms with Gasteiger partial charge < -0.3 is 11.1 Å². The van der Waals surface area contributed by atoms with E-state index in [1.54, 1.807) is 11.8 Å². The van der Waals surface area contributed by atoms with Crippen molar-refractivity contribution in [2.75, 3.05) is 11.6 Å². The van der Waals surface area contributed by atoms with Crippen LogP contribution in [0.4, 0.5) is 5.95 Å². The van der Waals surface area contributed by atoms with Gasteiger partial charge in [0.2, 0.25) is 5.95 Å². The first-order valence-electron chi connectivity index (χ1n) is 5.16. The fourth-order valence-electron chi connectivity index (χ4n) is 1.83. The summed E-state index contributed by atoms with van der Waals surface area (Å²) in [6.07, 6.45) is 8.94. The number of hydrogen-bond acceptors (Lipinski definition) is 5. The van der Waals surface area contributed by atoms with Gasteiger partial charge in [0.25, 0.3) is 0 Å². The van der Waals surface area contributed by atoms with Gasteiger partial charge in [0.15, 0.2) is 0 Å². The molecule has 90 valence electrons. The second-order valence-corrected chi connectivity index (χ2v) is 4.74. The smallest absolute Gasteiger partial charge is 0.222 e. The fraction of sp³-hybridized carbons (Fsp3) is 0.600. The third kappa shape index (κ3) is 3.50. The highest BCUT2D eigenvalue weighted by atomic mass is 35.5. The molecule has 0 amide bonds. The quantitative estimate of drug-likeness (QED) is 0.813. The maximum atomic E-state index is 5.84. The van der Waals surface area contributed by atoms with Gasteiger partial charge in [-0.15, -0.1) is 24.2 Å². The summed E-state index contributed by atoms with van der Waals surface area (Å²) >= 11 is 1.65. The van der Waals surface area contributed by atoms with Crippen LogP contribution in [-0.2, 0) is 0 Å². The number of thioether (sulfide) groups is 1. The second kappa shape index (κ2) is 6.27. The van der Waals surface area contributed by atoms with E-state index in [2.05, 4.69) is 15.3 Å². The first kappa shape index (κ1) is 13.5. The van der Waals surface area contributed by atoms with Gasteiger partial charge in [-0.2, -0.15) is 0 Å². The standard InChI is InChI=1S/C10H16N4S.ClH/c1-15-9-5-12-10(13-6-9)14-8-3-2-7(11)4-8;/h5-8H,2-4,11H2,1H3,(H,12,13,14);1H/t7-,8-;/m0./s1. The van der Waals surface area contributed by atoms with E-state index in [9.17, 15) is 0 Å². The topological polar surface area (TPSA) is 63.8 Å². The first-order valence-corrected chi connectivity index (χ1v) is 6.38. The van der Waals surface area contributed by atoms with E-state index in [4.69, 9.17) is 5.73 Å². The predicted octanol–water partition coefficient (Wildman–Crippen LogP) is 1.91. The van der Waals surface area contributed by atoms with E-state index in [1.807, 2.05) is 18.6 Å². The average molecular weight is 261 g/mol. The number of nitrogens with zero attached hydrogens (tertiary/aromatic N) is 2. The molecule has 0 unspecified atom stereocenters. The van der Waals surface area contributed by atoms with Gasteiger partial charge >= 0.3 is 0 Å². The van der Waals surface area contributed by atoms with Gasteiger partial charge in [-0.25, -0.2) is 9.97 Å². The molecule has 2 atom stereocenters. The predicted molar refractivity (Wildman–Crippen MR) is 70.3 cm³/mol. The zero-order chi connectivity index (χ0) is 10.7. The van der Waals surface area contributed by atoms with Crippen molar-refractivity contribution in [3.8, 4) is 0 Å². The van der Waals surface area contributed by atoms with Crippen LogP contribution in [0.1, 0.15) is 19.3 Å². The highest BCUT2D eigenvalue weighted by molar-refractivity contribution is 7.98. The summed E-state index contributed by atoms with van der Waals surface area (Å²) in [7, 11) is 0. The van der Waals surface area contributed by atoms with Crippen LogP contribution >= 0.6 is 24.2 Å². The van der Waals surface area contributed by atoms with Gasteiger partial charge in [-0.05, 0) is 25.5 Å². The summed E-state index contributed by atoms with van der Waals surface area (Å²) in [5, 5.41) is 3.31. The number of nitrogens with one attached hydrogen (secondary N) is 1. The molecular weight excluding hydrogens is 244 g/mol. The molecule has 1 aromatic rings. The third-order valence-corrected chi connectivity index (χ3v) is 3.35. The lowest BCUT2D eigenvalue weighted by Gasteiger charge is -2.11. The lowest BCUT2D eigenvalue weighted by Crippen LogP contribution is -2.21. The van der Waals surface area contributed by atoms with E-state index in [0.29, 0.717) is 18.0 Å². The van der Waals surface area contributed by atoms with Crippen molar-refractivity contribution in [1.82, 2.24) is 9.97 Å². The minimum Gasteiger partial charge on any atom is -0.351 e. The highest BCUT2D eigenvalue weighted by Gasteiger charge is 2.21. The van der Waals surface area contributed by atoms with E-state index in [1.165, 1.54) is 0 Å². The Balaban J connectivity index is 0.00000128. The normalized spacial score (nSPS) is 23.9. The molecule has 1 heterocycles. The molecule has 1 fully saturated rings. The minimum absolute atomic E-state index is 0. The summed E-state index contributed by atoms with van der Waals surface area (Å²) in [6, 6.07) is 0.785. The van der Waals surface area contributed by atoms with Crippen LogP contribution in [-0.4, -0.2) is 28.3 Å². The summed E-state index contributed by atoms with van der Waals surface area (Å²) in [5.41, 5.74) is 5.84. The van der Waals surface area contributed by atoms with E-state index < -0.39 is 0 Å². The molecule has 0 saturated heterocycles. The molecule has 6 heteroatoms. The van der Waals surface area contributed by atoms with Gasteiger partial charge in [0.05, 0.1) is 0 Å². The molecule has 16 heavy (non-hydrogen) atoms. The average Bonchev–Trinajstić information content (AvgIpc) is 2.65. The molecule has 0 bridgehead atoms. The van der Waals surface area contributed by atoms with Crippen LogP contribution in [0, 0.1) is 0 Å². The molecular formula is C10H17ClN4S. The van der Waals surface area contributed by atoms with Gasteiger partial charge in [0, 0.05) is 29.4 Å². The lowest BCUT2D eigenvalue weighted by atomic mass is 10.2. The van der Waals surface area contributed by atoms with E-state index in [0.717, 1.165) is 24.2 Å².